The SMILES string of the molecule is OC(OCc1ccc(OC(F)(F)F)cc1)c1cccc(OC(F)(F)F)c1. The molecule has 0 amide bonds. The van der Waals surface area contributed by atoms with Crippen molar-refractivity contribution in [1.82, 2.24) is 0 Å². The van der Waals surface area contributed by atoms with E-state index >= 15 is 0 Å². The van der Waals surface area contributed by atoms with Gasteiger partial charge in [-0.1, -0.05) is 24.3 Å². The van der Waals surface area contributed by atoms with Crippen molar-refractivity contribution in [2.45, 2.75) is 25.6 Å². The average Bonchev–Trinajstić information content (AvgIpc) is 2.51. The van der Waals surface area contributed by atoms with Crippen LogP contribution < -0.4 is 9.47 Å². The molecule has 0 saturated carbocycles. The standard InChI is InChI=1S/C16H12F6O4/c17-15(18,19)25-12-6-4-10(5-7-12)9-24-14(23)11-2-1-3-13(8-11)26-16(20,21)22/h1-8,14,23H,9H2. The number of hydrogen-bond acceptors (Lipinski definition) is 4. The Hall–Kier alpha value is -2.46. The van der Waals surface area contributed by atoms with Crippen LogP contribution in [0.5, 0.6) is 11.5 Å². The molecule has 0 aliphatic rings. The van der Waals surface area contributed by atoms with E-state index in [1.807, 2.05) is 0 Å². The zero-order valence-electron chi connectivity index (χ0n) is 12.8. The normalized spacial score (nSPS) is 13.3. The van der Waals surface area contributed by atoms with Gasteiger partial charge < -0.3 is 19.3 Å². The number of aliphatic hydroxyl groups is 1. The molecule has 2 aromatic carbocycles. The first-order valence-electron chi connectivity index (χ1n) is 7.02. The third-order valence-corrected chi connectivity index (χ3v) is 2.94. The summed E-state index contributed by atoms with van der Waals surface area (Å²) >= 11 is 0. The molecule has 0 saturated heterocycles. The number of ether oxygens (including phenoxy) is 3. The van der Waals surface area contributed by atoms with E-state index in [2.05, 4.69) is 9.47 Å². The fourth-order valence-corrected chi connectivity index (χ4v) is 1.92. The summed E-state index contributed by atoms with van der Waals surface area (Å²) in [6, 6.07) is 9.29. The highest BCUT2D eigenvalue weighted by atomic mass is 19.4. The molecule has 0 radical (unpaired) electrons. The number of alkyl halides is 6. The first kappa shape index (κ1) is 19.9. The summed E-state index contributed by atoms with van der Waals surface area (Å²) in [5, 5.41) is 9.88. The number of hydrogen-bond donors (Lipinski definition) is 1. The predicted octanol–water partition coefficient (Wildman–Crippen LogP) is 4.69. The molecular formula is C16H12F6O4. The fourth-order valence-electron chi connectivity index (χ4n) is 1.92. The first-order chi connectivity index (χ1) is 12.0. The third-order valence-electron chi connectivity index (χ3n) is 2.94. The maximum Gasteiger partial charge on any atom is 0.573 e. The van der Waals surface area contributed by atoms with Crippen LogP contribution in [0, 0.1) is 0 Å². The summed E-state index contributed by atoms with van der Waals surface area (Å²) in [5.41, 5.74) is 0.435. The number of aliphatic hydroxyl groups excluding tert-OH is 1. The van der Waals surface area contributed by atoms with Gasteiger partial charge in [0.1, 0.15) is 11.5 Å². The molecule has 0 aliphatic carbocycles. The number of rotatable bonds is 6. The second kappa shape index (κ2) is 7.83. The third kappa shape index (κ3) is 6.81. The lowest BCUT2D eigenvalue weighted by molar-refractivity contribution is -0.275. The van der Waals surface area contributed by atoms with Gasteiger partial charge in [0.05, 0.1) is 6.61 Å². The Balaban J connectivity index is 1.94. The van der Waals surface area contributed by atoms with Gasteiger partial charge in [-0.3, -0.25) is 0 Å². The molecule has 2 aromatic rings. The average molecular weight is 382 g/mol. The second-order valence-electron chi connectivity index (χ2n) is 4.98. The zero-order valence-corrected chi connectivity index (χ0v) is 12.8. The topological polar surface area (TPSA) is 47.9 Å². The van der Waals surface area contributed by atoms with E-state index < -0.39 is 30.5 Å². The van der Waals surface area contributed by atoms with E-state index in [0.29, 0.717) is 5.56 Å². The Morgan fingerprint density at radius 2 is 1.38 bits per heavy atom. The van der Waals surface area contributed by atoms with E-state index in [4.69, 9.17) is 4.74 Å². The number of benzene rings is 2. The van der Waals surface area contributed by atoms with Crippen LogP contribution in [0.15, 0.2) is 48.5 Å². The smallest absolute Gasteiger partial charge is 0.406 e. The molecule has 142 valence electrons. The Bertz CT molecular complexity index is 712. The molecule has 10 heteroatoms. The molecule has 0 spiro atoms. The molecule has 26 heavy (non-hydrogen) atoms. The lowest BCUT2D eigenvalue weighted by atomic mass is 10.2. The van der Waals surface area contributed by atoms with E-state index in [1.165, 1.54) is 24.3 Å². The molecule has 0 fully saturated rings. The van der Waals surface area contributed by atoms with Crippen molar-refractivity contribution in [3.63, 3.8) is 0 Å². The maximum atomic E-state index is 12.2. The van der Waals surface area contributed by atoms with Gasteiger partial charge in [0.15, 0.2) is 6.29 Å². The predicted molar refractivity (Wildman–Crippen MR) is 76.0 cm³/mol. The van der Waals surface area contributed by atoms with Crippen LogP contribution in [0.3, 0.4) is 0 Å². The highest BCUT2D eigenvalue weighted by molar-refractivity contribution is 5.30. The number of halogens is 6. The minimum Gasteiger partial charge on any atom is -0.406 e. The van der Waals surface area contributed by atoms with Crippen LogP contribution in [0.4, 0.5) is 26.3 Å². The summed E-state index contributed by atoms with van der Waals surface area (Å²) < 4.78 is 85.3. The van der Waals surface area contributed by atoms with Crippen molar-refractivity contribution in [1.29, 1.82) is 0 Å². The molecule has 0 aliphatic heterocycles. The Kier molecular flexibility index (Phi) is 5.98. The van der Waals surface area contributed by atoms with Crippen molar-refractivity contribution in [3.8, 4) is 11.5 Å². The molecular weight excluding hydrogens is 370 g/mol. The van der Waals surface area contributed by atoms with Crippen LogP contribution in [-0.4, -0.2) is 17.8 Å². The van der Waals surface area contributed by atoms with Gasteiger partial charge in [0, 0.05) is 5.56 Å². The van der Waals surface area contributed by atoms with Gasteiger partial charge in [-0.05, 0) is 29.8 Å². The molecule has 0 heterocycles. The van der Waals surface area contributed by atoms with E-state index in [1.54, 1.807) is 0 Å². The Morgan fingerprint density at radius 3 is 1.96 bits per heavy atom. The van der Waals surface area contributed by atoms with Crippen molar-refractivity contribution < 1.29 is 45.7 Å². The summed E-state index contributed by atoms with van der Waals surface area (Å²) in [4.78, 5) is 0. The van der Waals surface area contributed by atoms with Gasteiger partial charge >= 0.3 is 12.7 Å². The van der Waals surface area contributed by atoms with Crippen molar-refractivity contribution in [2.75, 3.05) is 0 Å². The summed E-state index contributed by atoms with van der Waals surface area (Å²) in [5.74, 6) is -0.940. The lowest BCUT2D eigenvalue weighted by Gasteiger charge is -2.15. The molecule has 4 nitrogen and oxygen atoms in total. The lowest BCUT2D eigenvalue weighted by Crippen LogP contribution is -2.17. The molecule has 1 atom stereocenters. The monoisotopic (exact) mass is 382 g/mol. The van der Waals surface area contributed by atoms with E-state index in [-0.39, 0.29) is 12.2 Å². The minimum atomic E-state index is -4.87. The van der Waals surface area contributed by atoms with Crippen molar-refractivity contribution >= 4 is 0 Å². The van der Waals surface area contributed by atoms with Crippen molar-refractivity contribution in [3.05, 3.63) is 59.7 Å². The minimum absolute atomic E-state index is 0.0174. The van der Waals surface area contributed by atoms with E-state index in [9.17, 15) is 31.4 Å². The van der Waals surface area contributed by atoms with Crippen molar-refractivity contribution in [2.24, 2.45) is 0 Å². The molecule has 1 unspecified atom stereocenters. The summed E-state index contributed by atoms with van der Waals surface area (Å²) in [6.07, 6.45) is -11.2. The van der Waals surface area contributed by atoms with Gasteiger partial charge in [-0.25, -0.2) is 0 Å². The molecule has 1 N–H and O–H groups in total. The quantitative estimate of drug-likeness (QED) is 0.582. The molecule has 2 rings (SSSR count). The van der Waals surface area contributed by atoms with Gasteiger partial charge in [0.25, 0.3) is 0 Å². The van der Waals surface area contributed by atoms with Crippen LogP contribution in [0.2, 0.25) is 0 Å². The highest BCUT2D eigenvalue weighted by Crippen LogP contribution is 2.27. The van der Waals surface area contributed by atoms with Gasteiger partial charge in [0.2, 0.25) is 0 Å². The van der Waals surface area contributed by atoms with Gasteiger partial charge in [-0.2, -0.15) is 0 Å². The maximum absolute atomic E-state index is 12.2. The van der Waals surface area contributed by atoms with Gasteiger partial charge in [-0.15, -0.1) is 26.3 Å². The second-order valence-corrected chi connectivity index (χ2v) is 4.98. The fraction of sp³-hybridized carbons (Fsp3) is 0.250. The molecule has 0 aromatic heterocycles. The first-order valence-corrected chi connectivity index (χ1v) is 7.02. The van der Waals surface area contributed by atoms with Crippen LogP contribution in [-0.2, 0) is 11.3 Å². The Morgan fingerprint density at radius 1 is 0.808 bits per heavy atom. The summed E-state index contributed by atoms with van der Waals surface area (Å²) in [6.45, 7) is -0.197. The zero-order chi connectivity index (χ0) is 19.4. The largest absolute Gasteiger partial charge is 0.573 e. The van der Waals surface area contributed by atoms with E-state index in [0.717, 1.165) is 24.3 Å². The summed E-state index contributed by atoms with van der Waals surface area (Å²) in [7, 11) is 0. The highest BCUT2D eigenvalue weighted by Gasteiger charge is 2.31. The van der Waals surface area contributed by atoms with Crippen LogP contribution in [0.25, 0.3) is 0 Å². The van der Waals surface area contributed by atoms with Crippen LogP contribution in [0.1, 0.15) is 17.4 Å². The molecule has 0 bridgehead atoms. The van der Waals surface area contributed by atoms with Crippen LogP contribution >= 0.6 is 0 Å². The Labute approximate surface area is 143 Å².